The topological polar surface area (TPSA) is 41.5 Å². The van der Waals surface area contributed by atoms with Crippen LogP contribution in [0.1, 0.15) is 31.9 Å². The standard InChI is InChI=1S/C13H21NO2/c1-10(8-9-15)14-11(2)12-6-4-5-7-13(12)16-3/h4-7,10-11,14-15H,8-9H2,1-3H3. The van der Waals surface area contributed by atoms with Crippen LogP contribution in [0.15, 0.2) is 24.3 Å². The third-order valence-corrected chi connectivity index (χ3v) is 2.70. The van der Waals surface area contributed by atoms with Crippen LogP contribution in [0.3, 0.4) is 0 Å². The Bertz CT molecular complexity index is 315. The molecule has 0 aliphatic rings. The summed E-state index contributed by atoms with van der Waals surface area (Å²) in [5.74, 6) is 0.902. The largest absolute Gasteiger partial charge is 0.496 e. The van der Waals surface area contributed by atoms with Gasteiger partial charge in [-0.2, -0.15) is 0 Å². The predicted molar refractivity (Wildman–Crippen MR) is 65.7 cm³/mol. The van der Waals surface area contributed by atoms with E-state index in [-0.39, 0.29) is 12.6 Å². The maximum atomic E-state index is 8.86. The highest BCUT2D eigenvalue weighted by Crippen LogP contribution is 2.24. The molecule has 0 aliphatic heterocycles. The van der Waals surface area contributed by atoms with Crippen molar-refractivity contribution in [1.29, 1.82) is 0 Å². The van der Waals surface area contributed by atoms with E-state index in [1.807, 2.05) is 18.2 Å². The van der Waals surface area contributed by atoms with Gasteiger partial charge < -0.3 is 15.2 Å². The third-order valence-electron chi connectivity index (χ3n) is 2.70. The summed E-state index contributed by atoms with van der Waals surface area (Å²) in [7, 11) is 1.68. The number of para-hydroxylation sites is 1. The zero-order valence-corrected chi connectivity index (χ0v) is 10.2. The summed E-state index contributed by atoms with van der Waals surface area (Å²) in [5, 5.41) is 12.3. The summed E-state index contributed by atoms with van der Waals surface area (Å²) in [4.78, 5) is 0. The third kappa shape index (κ3) is 3.51. The second kappa shape index (κ2) is 6.51. The van der Waals surface area contributed by atoms with Crippen molar-refractivity contribution in [3.05, 3.63) is 29.8 Å². The van der Waals surface area contributed by atoms with Crippen LogP contribution in [-0.2, 0) is 0 Å². The van der Waals surface area contributed by atoms with Crippen LogP contribution in [0.2, 0.25) is 0 Å². The van der Waals surface area contributed by atoms with Gasteiger partial charge in [0.2, 0.25) is 0 Å². The van der Waals surface area contributed by atoms with Crippen LogP contribution in [0.25, 0.3) is 0 Å². The molecule has 0 bridgehead atoms. The zero-order chi connectivity index (χ0) is 12.0. The monoisotopic (exact) mass is 223 g/mol. The summed E-state index contributed by atoms with van der Waals surface area (Å²) < 4.78 is 5.32. The summed E-state index contributed by atoms with van der Waals surface area (Å²) in [6, 6.07) is 8.51. The lowest BCUT2D eigenvalue weighted by molar-refractivity contribution is 0.264. The van der Waals surface area contributed by atoms with Crippen molar-refractivity contribution < 1.29 is 9.84 Å². The van der Waals surface area contributed by atoms with Gasteiger partial charge in [-0.15, -0.1) is 0 Å². The first-order valence-electron chi connectivity index (χ1n) is 5.68. The SMILES string of the molecule is COc1ccccc1C(C)NC(C)CCO. The van der Waals surface area contributed by atoms with E-state index in [1.165, 1.54) is 0 Å². The fraction of sp³-hybridized carbons (Fsp3) is 0.538. The van der Waals surface area contributed by atoms with Gasteiger partial charge >= 0.3 is 0 Å². The molecule has 3 heteroatoms. The lowest BCUT2D eigenvalue weighted by atomic mass is 10.1. The van der Waals surface area contributed by atoms with E-state index < -0.39 is 0 Å². The highest BCUT2D eigenvalue weighted by molar-refractivity contribution is 5.35. The van der Waals surface area contributed by atoms with Gasteiger partial charge in [-0.3, -0.25) is 0 Å². The summed E-state index contributed by atoms with van der Waals surface area (Å²) in [6.07, 6.45) is 0.763. The van der Waals surface area contributed by atoms with Gasteiger partial charge in [0, 0.05) is 24.3 Å². The molecule has 90 valence electrons. The molecule has 0 heterocycles. The van der Waals surface area contributed by atoms with E-state index in [2.05, 4.69) is 25.2 Å². The molecule has 1 aromatic carbocycles. The quantitative estimate of drug-likeness (QED) is 0.776. The van der Waals surface area contributed by atoms with Crippen molar-refractivity contribution in [1.82, 2.24) is 5.32 Å². The maximum Gasteiger partial charge on any atom is 0.123 e. The summed E-state index contributed by atoms with van der Waals surface area (Å²) in [6.45, 7) is 4.39. The number of aliphatic hydroxyl groups excluding tert-OH is 1. The fourth-order valence-corrected chi connectivity index (χ4v) is 1.82. The first kappa shape index (κ1) is 13.0. The minimum Gasteiger partial charge on any atom is -0.496 e. The van der Waals surface area contributed by atoms with Gasteiger partial charge in [0.15, 0.2) is 0 Å². The highest BCUT2D eigenvalue weighted by Gasteiger charge is 2.12. The van der Waals surface area contributed by atoms with Crippen molar-refractivity contribution in [3.63, 3.8) is 0 Å². The number of hydrogen-bond acceptors (Lipinski definition) is 3. The Morgan fingerprint density at radius 1 is 1.31 bits per heavy atom. The molecule has 0 spiro atoms. The Kier molecular flexibility index (Phi) is 5.29. The lowest BCUT2D eigenvalue weighted by Crippen LogP contribution is -2.29. The summed E-state index contributed by atoms with van der Waals surface area (Å²) in [5.41, 5.74) is 1.15. The average Bonchev–Trinajstić information content (AvgIpc) is 2.29. The first-order valence-corrected chi connectivity index (χ1v) is 5.68. The van der Waals surface area contributed by atoms with E-state index in [0.29, 0.717) is 6.04 Å². The highest BCUT2D eigenvalue weighted by atomic mass is 16.5. The second-order valence-electron chi connectivity index (χ2n) is 4.04. The smallest absolute Gasteiger partial charge is 0.123 e. The van der Waals surface area contributed by atoms with Gasteiger partial charge in [0.1, 0.15) is 5.75 Å². The molecule has 0 aromatic heterocycles. The van der Waals surface area contributed by atoms with Crippen LogP contribution in [0, 0.1) is 0 Å². The van der Waals surface area contributed by atoms with E-state index in [0.717, 1.165) is 17.7 Å². The zero-order valence-electron chi connectivity index (χ0n) is 10.2. The van der Waals surface area contributed by atoms with Crippen LogP contribution in [0.4, 0.5) is 0 Å². The molecule has 0 radical (unpaired) electrons. The lowest BCUT2D eigenvalue weighted by Gasteiger charge is -2.21. The van der Waals surface area contributed by atoms with E-state index in [4.69, 9.17) is 9.84 Å². The molecule has 1 aromatic rings. The molecule has 2 N–H and O–H groups in total. The van der Waals surface area contributed by atoms with Crippen molar-refractivity contribution in [2.45, 2.75) is 32.4 Å². The molecule has 0 amide bonds. The van der Waals surface area contributed by atoms with Crippen LogP contribution in [0.5, 0.6) is 5.75 Å². The average molecular weight is 223 g/mol. The number of ether oxygens (including phenoxy) is 1. The minimum absolute atomic E-state index is 0.215. The summed E-state index contributed by atoms with van der Waals surface area (Å²) >= 11 is 0. The molecule has 0 fully saturated rings. The molecule has 16 heavy (non-hydrogen) atoms. The molecule has 3 nitrogen and oxygen atoms in total. The van der Waals surface area contributed by atoms with Crippen LogP contribution < -0.4 is 10.1 Å². The Balaban J connectivity index is 2.68. The Morgan fingerprint density at radius 2 is 2.00 bits per heavy atom. The second-order valence-corrected chi connectivity index (χ2v) is 4.04. The normalized spacial score (nSPS) is 14.5. The van der Waals surface area contributed by atoms with Crippen LogP contribution in [-0.4, -0.2) is 24.9 Å². The number of methoxy groups -OCH3 is 1. The van der Waals surface area contributed by atoms with Crippen LogP contribution >= 0.6 is 0 Å². The molecule has 1 rings (SSSR count). The molecule has 0 aliphatic carbocycles. The number of hydrogen-bond donors (Lipinski definition) is 2. The molecule has 2 unspecified atom stereocenters. The van der Waals surface area contributed by atoms with E-state index in [1.54, 1.807) is 7.11 Å². The molecular formula is C13H21NO2. The predicted octanol–water partition coefficient (Wildman–Crippen LogP) is 2.12. The molecule has 0 saturated heterocycles. The molecule has 2 atom stereocenters. The van der Waals surface area contributed by atoms with Gasteiger partial charge in [-0.1, -0.05) is 18.2 Å². The van der Waals surface area contributed by atoms with Crippen molar-refractivity contribution >= 4 is 0 Å². The number of rotatable bonds is 6. The Hall–Kier alpha value is -1.06. The minimum atomic E-state index is 0.215. The fourth-order valence-electron chi connectivity index (χ4n) is 1.82. The Labute approximate surface area is 97.4 Å². The van der Waals surface area contributed by atoms with E-state index >= 15 is 0 Å². The van der Waals surface area contributed by atoms with Gasteiger partial charge in [0.05, 0.1) is 7.11 Å². The number of aliphatic hydroxyl groups is 1. The van der Waals surface area contributed by atoms with Gasteiger partial charge in [-0.25, -0.2) is 0 Å². The number of benzene rings is 1. The van der Waals surface area contributed by atoms with Crippen molar-refractivity contribution in [2.75, 3.05) is 13.7 Å². The van der Waals surface area contributed by atoms with Crippen molar-refractivity contribution in [2.24, 2.45) is 0 Å². The number of nitrogens with one attached hydrogen (secondary N) is 1. The van der Waals surface area contributed by atoms with Gasteiger partial charge in [0.25, 0.3) is 0 Å². The van der Waals surface area contributed by atoms with E-state index in [9.17, 15) is 0 Å². The maximum absolute atomic E-state index is 8.86. The molecular weight excluding hydrogens is 202 g/mol. The molecule has 0 saturated carbocycles. The Morgan fingerprint density at radius 3 is 2.62 bits per heavy atom. The van der Waals surface area contributed by atoms with Crippen molar-refractivity contribution in [3.8, 4) is 5.75 Å². The first-order chi connectivity index (χ1) is 7.69. The van der Waals surface area contributed by atoms with Gasteiger partial charge in [-0.05, 0) is 26.3 Å².